The minimum atomic E-state index is -1.70. The fourth-order valence-electron chi connectivity index (χ4n) is 1.84. The van der Waals surface area contributed by atoms with Crippen LogP contribution in [-0.4, -0.2) is 7.28 Å². The molecule has 0 aromatic heterocycles. The fourth-order valence-corrected chi connectivity index (χ4v) is 1.84. The number of rotatable bonds is 2. The molecular formula is C14H8BF6. The molecule has 0 atom stereocenters. The second-order valence-electron chi connectivity index (χ2n) is 4.53. The van der Waals surface area contributed by atoms with Gasteiger partial charge in [0.2, 0.25) is 7.28 Å². The van der Waals surface area contributed by atoms with Crippen molar-refractivity contribution in [3.63, 3.8) is 0 Å². The zero-order valence-corrected chi connectivity index (χ0v) is 11.0. The highest BCUT2D eigenvalue weighted by atomic mass is 19.2. The Morgan fingerprint density at radius 3 is 1.71 bits per heavy atom. The molecule has 7 heteroatoms. The van der Waals surface area contributed by atoms with Crippen LogP contribution in [0, 0.1) is 48.8 Å². The second-order valence-corrected chi connectivity index (χ2v) is 4.53. The lowest BCUT2D eigenvalue weighted by molar-refractivity contribution is 0.454. The molecule has 1 radical (unpaired) electrons. The van der Waals surface area contributed by atoms with Gasteiger partial charge in [-0.15, -0.1) is 0 Å². The summed E-state index contributed by atoms with van der Waals surface area (Å²) in [5, 5.41) is 0. The maximum absolute atomic E-state index is 13.8. The van der Waals surface area contributed by atoms with E-state index in [0.717, 1.165) is 19.1 Å². The summed E-state index contributed by atoms with van der Waals surface area (Å²) in [5.74, 6) is -8.77. The first kappa shape index (κ1) is 15.5. The van der Waals surface area contributed by atoms with Gasteiger partial charge in [0.15, 0.2) is 23.3 Å². The van der Waals surface area contributed by atoms with Crippen LogP contribution in [0.5, 0.6) is 0 Å². The maximum Gasteiger partial charge on any atom is 0.207 e. The van der Waals surface area contributed by atoms with Crippen LogP contribution in [0.2, 0.25) is 0 Å². The topological polar surface area (TPSA) is 0 Å². The first-order valence-corrected chi connectivity index (χ1v) is 5.87. The lowest BCUT2D eigenvalue weighted by Gasteiger charge is -2.11. The van der Waals surface area contributed by atoms with E-state index in [9.17, 15) is 26.3 Å². The quantitative estimate of drug-likeness (QED) is 0.454. The van der Waals surface area contributed by atoms with Gasteiger partial charge in [-0.1, -0.05) is 6.07 Å². The van der Waals surface area contributed by atoms with Crippen LogP contribution < -0.4 is 10.9 Å². The third kappa shape index (κ3) is 2.52. The number of halogens is 6. The van der Waals surface area contributed by atoms with E-state index in [4.69, 9.17) is 0 Å². The number of aryl methyl sites for hydroxylation is 1. The Kier molecular flexibility index (Phi) is 4.03. The van der Waals surface area contributed by atoms with Crippen LogP contribution in [0.25, 0.3) is 0 Å². The maximum atomic E-state index is 13.8. The monoisotopic (exact) mass is 301 g/mol. The highest BCUT2D eigenvalue weighted by Crippen LogP contribution is 2.16. The van der Waals surface area contributed by atoms with Gasteiger partial charge in [-0.3, -0.25) is 0 Å². The van der Waals surface area contributed by atoms with E-state index >= 15 is 0 Å². The van der Waals surface area contributed by atoms with Crippen LogP contribution in [0.3, 0.4) is 0 Å². The molecule has 109 valence electrons. The molecule has 0 amide bonds. The highest BCUT2D eigenvalue weighted by molar-refractivity contribution is 6.67. The molecule has 0 heterocycles. The predicted molar refractivity (Wildman–Crippen MR) is 67.1 cm³/mol. The van der Waals surface area contributed by atoms with E-state index in [1.165, 1.54) is 6.92 Å². The largest absolute Gasteiger partial charge is 0.208 e. The minimum absolute atomic E-state index is 0.0246. The molecule has 2 rings (SSSR count). The minimum Gasteiger partial charge on any atom is -0.208 e. The lowest BCUT2D eigenvalue weighted by atomic mass is 9.62. The standard InChI is InChI=1S/C14H8BF6/c1-5-3-4-7(16)8(10(5)17)15-9-13(20)11(18)6(2)12(19)14(9)21/h3-4H,1-2H3. The summed E-state index contributed by atoms with van der Waals surface area (Å²) >= 11 is 0. The molecule has 0 N–H and O–H groups in total. The summed E-state index contributed by atoms with van der Waals surface area (Å²) in [4.78, 5) is 0. The average Bonchev–Trinajstić information content (AvgIpc) is 2.46. The van der Waals surface area contributed by atoms with Gasteiger partial charge in [0, 0.05) is 5.56 Å². The van der Waals surface area contributed by atoms with Crippen molar-refractivity contribution >= 4 is 18.2 Å². The molecule has 2 aromatic rings. The number of hydrogen-bond donors (Lipinski definition) is 0. The SMILES string of the molecule is Cc1ccc(F)c([B]c2c(F)c(F)c(C)c(F)c2F)c1F. The second kappa shape index (κ2) is 5.46. The summed E-state index contributed by atoms with van der Waals surface area (Å²) in [7, 11) is 0.411. The highest BCUT2D eigenvalue weighted by Gasteiger charge is 2.25. The third-order valence-corrected chi connectivity index (χ3v) is 3.13. The molecular weight excluding hydrogens is 293 g/mol. The molecule has 0 spiro atoms. The zero-order valence-electron chi connectivity index (χ0n) is 11.0. The summed E-state index contributed by atoms with van der Waals surface area (Å²) in [6, 6.07) is 2.02. The molecule has 2 aromatic carbocycles. The van der Waals surface area contributed by atoms with Crippen molar-refractivity contribution in [1.29, 1.82) is 0 Å². The van der Waals surface area contributed by atoms with Gasteiger partial charge in [-0.05, 0) is 36.4 Å². The summed E-state index contributed by atoms with van der Waals surface area (Å²) in [5.41, 5.74) is -2.75. The van der Waals surface area contributed by atoms with Gasteiger partial charge < -0.3 is 0 Å². The molecule has 0 aliphatic rings. The smallest absolute Gasteiger partial charge is 0.207 e. The van der Waals surface area contributed by atoms with E-state index in [1.54, 1.807) is 0 Å². The normalized spacial score (nSPS) is 10.9. The van der Waals surface area contributed by atoms with Gasteiger partial charge in [0.05, 0.1) is 0 Å². The van der Waals surface area contributed by atoms with Gasteiger partial charge in [-0.2, -0.15) is 0 Å². The van der Waals surface area contributed by atoms with Crippen LogP contribution in [0.4, 0.5) is 26.3 Å². The Morgan fingerprint density at radius 2 is 1.19 bits per heavy atom. The van der Waals surface area contributed by atoms with Gasteiger partial charge in [0.1, 0.15) is 11.6 Å². The molecule has 21 heavy (non-hydrogen) atoms. The molecule has 0 unspecified atom stereocenters. The van der Waals surface area contributed by atoms with Crippen molar-refractivity contribution in [3.05, 3.63) is 58.2 Å². The molecule has 0 saturated heterocycles. The van der Waals surface area contributed by atoms with Gasteiger partial charge in [-0.25, -0.2) is 26.3 Å². The summed E-state index contributed by atoms with van der Waals surface area (Å²) < 4.78 is 81.6. The van der Waals surface area contributed by atoms with Gasteiger partial charge >= 0.3 is 0 Å². The fraction of sp³-hybridized carbons (Fsp3) is 0.143. The van der Waals surface area contributed by atoms with Crippen LogP contribution in [-0.2, 0) is 0 Å². The molecule has 0 fully saturated rings. The third-order valence-electron chi connectivity index (χ3n) is 3.13. The summed E-state index contributed by atoms with van der Waals surface area (Å²) in [6.07, 6.45) is 0. The van der Waals surface area contributed by atoms with E-state index in [2.05, 4.69) is 0 Å². The van der Waals surface area contributed by atoms with E-state index in [1.807, 2.05) is 0 Å². The van der Waals surface area contributed by atoms with Gasteiger partial charge in [0.25, 0.3) is 0 Å². The van der Waals surface area contributed by atoms with Crippen LogP contribution >= 0.6 is 0 Å². The molecule has 0 aliphatic carbocycles. The Hall–Kier alpha value is -1.92. The average molecular weight is 301 g/mol. The van der Waals surface area contributed by atoms with E-state index in [-0.39, 0.29) is 5.56 Å². The Bertz CT molecular complexity index is 697. The number of hydrogen-bond acceptors (Lipinski definition) is 0. The Balaban J connectivity index is 2.64. The van der Waals surface area contributed by atoms with Crippen molar-refractivity contribution in [2.24, 2.45) is 0 Å². The van der Waals surface area contributed by atoms with E-state index < -0.39 is 51.4 Å². The van der Waals surface area contributed by atoms with Crippen molar-refractivity contribution in [3.8, 4) is 0 Å². The summed E-state index contributed by atoms with van der Waals surface area (Å²) in [6.45, 7) is 2.17. The van der Waals surface area contributed by atoms with Crippen LogP contribution in [0.15, 0.2) is 12.1 Å². The molecule has 0 aliphatic heterocycles. The molecule has 0 saturated carbocycles. The predicted octanol–water partition coefficient (Wildman–Crippen LogP) is 2.79. The molecule has 0 nitrogen and oxygen atoms in total. The van der Waals surface area contributed by atoms with Crippen molar-refractivity contribution in [2.75, 3.05) is 0 Å². The van der Waals surface area contributed by atoms with Crippen molar-refractivity contribution in [1.82, 2.24) is 0 Å². The molecule has 0 bridgehead atoms. The van der Waals surface area contributed by atoms with E-state index in [0.29, 0.717) is 7.28 Å². The zero-order chi connectivity index (χ0) is 15.9. The van der Waals surface area contributed by atoms with Crippen molar-refractivity contribution < 1.29 is 26.3 Å². The first-order chi connectivity index (χ1) is 9.75. The lowest BCUT2D eigenvalue weighted by Crippen LogP contribution is -2.38. The number of benzene rings is 2. The first-order valence-electron chi connectivity index (χ1n) is 5.87. The Labute approximate surface area is 117 Å². The van der Waals surface area contributed by atoms with Crippen LogP contribution in [0.1, 0.15) is 11.1 Å². The van der Waals surface area contributed by atoms with Crippen molar-refractivity contribution in [2.45, 2.75) is 13.8 Å². The Morgan fingerprint density at radius 1 is 0.667 bits per heavy atom.